The molecule has 1 fully saturated rings. The minimum absolute atomic E-state index is 0.0510. The fourth-order valence-corrected chi connectivity index (χ4v) is 3.88. The molecule has 2 heterocycles. The van der Waals surface area contributed by atoms with Gasteiger partial charge in [-0.1, -0.05) is 6.92 Å². The molecule has 0 spiro atoms. The van der Waals surface area contributed by atoms with Crippen molar-refractivity contribution in [2.75, 3.05) is 7.11 Å². The summed E-state index contributed by atoms with van der Waals surface area (Å²) in [7, 11) is 1.28. The molecule has 0 unspecified atom stereocenters. The number of phenols is 3. The Labute approximate surface area is 176 Å². The topological polar surface area (TPSA) is 150 Å². The molecule has 0 radical (unpaired) electrons. The van der Waals surface area contributed by atoms with Gasteiger partial charge in [-0.3, -0.25) is 4.79 Å². The monoisotopic (exact) mass is 430 g/mol. The molecule has 31 heavy (non-hydrogen) atoms. The molecule has 2 aromatic carbocycles. The van der Waals surface area contributed by atoms with Gasteiger partial charge in [-0.25, -0.2) is 0 Å². The van der Waals surface area contributed by atoms with E-state index in [1.807, 2.05) is 0 Å². The molecule has 0 aliphatic carbocycles. The van der Waals surface area contributed by atoms with Gasteiger partial charge >= 0.3 is 0 Å². The Morgan fingerprint density at radius 1 is 1.00 bits per heavy atom. The number of benzene rings is 2. The predicted octanol–water partition coefficient (Wildman–Crippen LogP) is 1.98. The molecule has 1 saturated heterocycles. The highest BCUT2D eigenvalue weighted by atomic mass is 16.7. The molecule has 9 nitrogen and oxygen atoms in total. The third kappa shape index (κ3) is 3.51. The van der Waals surface area contributed by atoms with E-state index < -0.39 is 47.4 Å². The maximum Gasteiger partial charge on any atom is 0.197 e. The average Bonchev–Trinajstić information content (AvgIpc) is 2.73. The zero-order valence-corrected chi connectivity index (χ0v) is 16.7. The lowest BCUT2D eigenvalue weighted by molar-refractivity contribution is -0.278. The zero-order chi connectivity index (χ0) is 22.4. The number of aliphatic hydroxyl groups excluding tert-OH is 2. The van der Waals surface area contributed by atoms with Gasteiger partial charge in [0.2, 0.25) is 0 Å². The molecule has 9 heteroatoms. The van der Waals surface area contributed by atoms with Crippen molar-refractivity contribution in [1.82, 2.24) is 0 Å². The van der Waals surface area contributed by atoms with E-state index in [1.54, 1.807) is 19.1 Å². The summed E-state index contributed by atoms with van der Waals surface area (Å²) < 4.78 is 16.4. The van der Waals surface area contributed by atoms with Crippen molar-refractivity contribution in [2.45, 2.75) is 31.5 Å². The molecule has 4 rings (SSSR count). The number of fused-ring (bicyclic) bond motifs is 1. The quantitative estimate of drug-likeness (QED) is 0.420. The number of methoxy groups -OCH3 is 1. The minimum atomic E-state index is -1.32. The zero-order valence-electron chi connectivity index (χ0n) is 16.7. The predicted molar refractivity (Wildman–Crippen MR) is 109 cm³/mol. The molecule has 1 aromatic heterocycles. The van der Waals surface area contributed by atoms with Crippen LogP contribution in [0.4, 0.5) is 0 Å². The first kappa shape index (κ1) is 21.1. The molecular weight excluding hydrogens is 408 g/mol. The molecule has 5 N–H and O–H groups in total. The third-order valence-electron chi connectivity index (χ3n) is 5.60. The van der Waals surface area contributed by atoms with Crippen LogP contribution in [0.2, 0.25) is 0 Å². The summed E-state index contributed by atoms with van der Waals surface area (Å²) in [5, 5.41) is 51.2. The Bertz CT molecular complexity index is 1170. The second kappa shape index (κ2) is 7.86. The third-order valence-corrected chi connectivity index (χ3v) is 5.60. The van der Waals surface area contributed by atoms with Crippen LogP contribution in [0.3, 0.4) is 0 Å². The van der Waals surface area contributed by atoms with E-state index in [0.29, 0.717) is 5.56 Å². The van der Waals surface area contributed by atoms with Crippen molar-refractivity contribution >= 4 is 11.0 Å². The summed E-state index contributed by atoms with van der Waals surface area (Å²) in [5.74, 6) is -1.46. The fourth-order valence-electron chi connectivity index (χ4n) is 3.88. The second-order valence-electron chi connectivity index (χ2n) is 7.55. The standard InChI is InChI=1S/C22H22O9/c1-9-18(26)20(28)22(29-2)31-21(9)17-13(25)8-15-16(19(17)27)12(24)7-14(30-15)10-3-5-11(23)6-4-10/h3-9,18,20-23,25-28H,1-2H3/t9-,18+,20-,21+,22-/m0/s1. The summed E-state index contributed by atoms with van der Waals surface area (Å²) in [6.45, 7) is 1.57. The summed E-state index contributed by atoms with van der Waals surface area (Å²) in [5.41, 5.74) is -0.209. The van der Waals surface area contributed by atoms with Crippen LogP contribution in [0.25, 0.3) is 22.3 Å². The number of hydrogen-bond donors (Lipinski definition) is 5. The lowest BCUT2D eigenvalue weighted by Crippen LogP contribution is -2.51. The van der Waals surface area contributed by atoms with Crippen LogP contribution in [-0.4, -0.2) is 51.1 Å². The van der Waals surface area contributed by atoms with Crippen molar-refractivity contribution in [3.05, 3.63) is 52.2 Å². The highest BCUT2D eigenvalue weighted by molar-refractivity contribution is 5.88. The number of hydrogen-bond acceptors (Lipinski definition) is 9. The summed E-state index contributed by atoms with van der Waals surface area (Å²) in [4.78, 5) is 12.8. The van der Waals surface area contributed by atoms with E-state index in [4.69, 9.17) is 13.9 Å². The smallest absolute Gasteiger partial charge is 0.197 e. The van der Waals surface area contributed by atoms with Crippen LogP contribution >= 0.6 is 0 Å². The molecule has 0 bridgehead atoms. The highest BCUT2D eigenvalue weighted by Crippen LogP contribution is 2.46. The van der Waals surface area contributed by atoms with Crippen molar-refractivity contribution in [3.63, 3.8) is 0 Å². The maximum atomic E-state index is 12.8. The van der Waals surface area contributed by atoms with Crippen molar-refractivity contribution in [3.8, 4) is 28.6 Å². The molecule has 164 valence electrons. The van der Waals surface area contributed by atoms with Crippen LogP contribution in [0.5, 0.6) is 17.2 Å². The van der Waals surface area contributed by atoms with Gasteiger partial charge in [0.05, 0.1) is 17.8 Å². The van der Waals surface area contributed by atoms with Gasteiger partial charge in [-0.05, 0) is 24.3 Å². The summed E-state index contributed by atoms with van der Waals surface area (Å²) in [6.07, 6.45) is -4.84. The molecule has 1 aliphatic rings. The van der Waals surface area contributed by atoms with Gasteiger partial charge in [-0.15, -0.1) is 0 Å². The molecular formula is C22H22O9. The summed E-state index contributed by atoms with van der Waals surface area (Å²) >= 11 is 0. The molecule has 1 aliphatic heterocycles. The van der Waals surface area contributed by atoms with Gasteiger partial charge in [0.1, 0.15) is 40.1 Å². The van der Waals surface area contributed by atoms with E-state index in [1.165, 1.54) is 31.4 Å². The first-order chi connectivity index (χ1) is 14.7. The largest absolute Gasteiger partial charge is 0.508 e. The van der Waals surface area contributed by atoms with Gasteiger partial charge in [0, 0.05) is 30.7 Å². The number of rotatable bonds is 3. The average molecular weight is 430 g/mol. The second-order valence-corrected chi connectivity index (χ2v) is 7.55. The molecule has 0 saturated carbocycles. The number of phenolic OH excluding ortho intramolecular Hbond substituents is 3. The summed E-state index contributed by atoms with van der Waals surface area (Å²) in [6, 6.07) is 8.37. The van der Waals surface area contributed by atoms with E-state index in [9.17, 15) is 30.3 Å². The molecule has 3 aromatic rings. The Hall–Kier alpha value is -3.11. The number of aliphatic hydroxyl groups is 2. The lowest BCUT2D eigenvalue weighted by atomic mass is 9.85. The minimum Gasteiger partial charge on any atom is -0.508 e. The fraction of sp³-hybridized carbons (Fsp3) is 0.318. The van der Waals surface area contributed by atoms with Gasteiger partial charge in [0.15, 0.2) is 11.7 Å². The maximum absolute atomic E-state index is 12.8. The van der Waals surface area contributed by atoms with Crippen LogP contribution < -0.4 is 5.43 Å². The first-order valence-electron chi connectivity index (χ1n) is 9.59. The van der Waals surface area contributed by atoms with E-state index in [0.717, 1.165) is 0 Å². The Balaban J connectivity index is 1.85. The van der Waals surface area contributed by atoms with E-state index in [2.05, 4.69) is 0 Å². The number of aromatic hydroxyl groups is 3. The first-order valence-corrected chi connectivity index (χ1v) is 9.59. The Kier molecular flexibility index (Phi) is 5.36. The normalized spacial score (nSPS) is 26.3. The van der Waals surface area contributed by atoms with Crippen LogP contribution in [0, 0.1) is 5.92 Å². The molecule has 0 amide bonds. The van der Waals surface area contributed by atoms with Crippen molar-refractivity contribution in [1.29, 1.82) is 0 Å². The van der Waals surface area contributed by atoms with Gasteiger partial charge in [-0.2, -0.15) is 0 Å². The van der Waals surface area contributed by atoms with Crippen LogP contribution in [-0.2, 0) is 9.47 Å². The van der Waals surface area contributed by atoms with E-state index in [-0.39, 0.29) is 28.0 Å². The van der Waals surface area contributed by atoms with Crippen molar-refractivity contribution < 1.29 is 39.4 Å². The van der Waals surface area contributed by atoms with E-state index >= 15 is 0 Å². The van der Waals surface area contributed by atoms with Gasteiger partial charge < -0.3 is 39.4 Å². The SMILES string of the molecule is CO[C@H]1O[C@@H](c2c(O)cc3oc(-c4ccc(O)cc4)cc(=O)c3c2O)[C@@H](C)[C@@H](O)[C@@H]1O. The Morgan fingerprint density at radius 2 is 1.68 bits per heavy atom. The van der Waals surface area contributed by atoms with Crippen LogP contribution in [0.1, 0.15) is 18.6 Å². The van der Waals surface area contributed by atoms with Crippen molar-refractivity contribution in [2.24, 2.45) is 5.92 Å². The van der Waals surface area contributed by atoms with Gasteiger partial charge in [0.25, 0.3) is 0 Å². The molecule has 5 atom stereocenters. The Morgan fingerprint density at radius 3 is 2.32 bits per heavy atom. The lowest BCUT2D eigenvalue weighted by Gasteiger charge is -2.41. The van der Waals surface area contributed by atoms with Crippen LogP contribution in [0.15, 0.2) is 45.6 Å². The number of ether oxygens (including phenoxy) is 2. The highest BCUT2D eigenvalue weighted by Gasteiger charge is 2.45.